The molecule has 3 heterocycles. The molecule has 8 heteroatoms. The van der Waals surface area contributed by atoms with Crippen LogP contribution in [0.25, 0.3) is 11.0 Å². The predicted molar refractivity (Wildman–Crippen MR) is 144 cm³/mol. The summed E-state index contributed by atoms with van der Waals surface area (Å²) in [6.07, 6.45) is 0. The van der Waals surface area contributed by atoms with Crippen molar-refractivity contribution in [2.75, 3.05) is 24.5 Å². The van der Waals surface area contributed by atoms with Crippen LogP contribution in [0.5, 0.6) is 0 Å². The highest BCUT2D eigenvalue weighted by molar-refractivity contribution is 5.89. The van der Waals surface area contributed by atoms with E-state index in [2.05, 4.69) is 34.7 Å². The summed E-state index contributed by atoms with van der Waals surface area (Å²) < 4.78 is 29.1. The summed E-state index contributed by atoms with van der Waals surface area (Å²) in [6.45, 7) is 6.21. The van der Waals surface area contributed by atoms with E-state index in [9.17, 15) is 18.8 Å². The second-order valence-corrected chi connectivity index (χ2v) is 10.1. The van der Waals surface area contributed by atoms with Gasteiger partial charge in [-0.05, 0) is 53.4 Å². The van der Waals surface area contributed by atoms with Crippen LogP contribution in [-0.4, -0.2) is 40.1 Å². The molecule has 1 unspecified atom stereocenters. The highest BCUT2D eigenvalue weighted by atomic mass is 19.1. The van der Waals surface area contributed by atoms with Crippen molar-refractivity contribution in [3.8, 4) is 6.07 Å². The van der Waals surface area contributed by atoms with Crippen LogP contribution < -0.4 is 10.5 Å². The first kappa shape index (κ1) is 25.6. The highest BCUT2D eigenvalue weighted by Gasteiger charge is 2.35. The van der Waals surface area contributed by atoms with Gasteiger partial charge in [0, 0.05) is 38.8 Å². The van der Waals surface area contributed by atoms with Gasteiger partial charge in [0.15, 0.2) is 0 Å². The Labute approximate surface area is 220 Å². The monoisotopic (exact) mass is 513 g/mol. The topological polar surface area (TPSA) is 65.2 Å². The standard InChI is InChI=1S/C30H29F2N5O/c1-19(2)27-18-36(30(20-4-8-22(31)9-5-20)21-6-10-23(32)11-7-21)14-15-37(27)26-16-28(38)35(3)25-13-12-24(17-33)34-29(25)26/h4-13,16,19,27,30H,14-15,18H2,1-3H3. The lowest BCUT2D eigenvalue weighted by atomic mass is 9.92. The van der Waals surface area contributed by atoms with Gasteiger partial charge in [-0.2, -0.15) is 5.26 Å². The van der Waals surface area contributed by atoms with Crippen molar-refractivity contribution in [1.29, 1.82) is 5.26 Å². The zero-order chi connectivity index (χ0) is 27.0. The molecule has 0 spiro atoms. The van der Waals surface area contributed by atoms with Gasteiger partial charge in [0.25, 0.3) is 5.56 Å². The van der Waals surface area contributed by atoms with Gasteiger partial charge in [-0.1, -0.05) is 38.1 Å². The number of halogens is 2. The molecule has 1 saturated heterocycles. The molecule has 0 amide bonds. The van der Waals surface area contributed by atoms with Gasteiger partial charge in [0.1, 0.15) is 28.9 Å². The lowest BCUT2D eigenvalue weighted by molar-refractivity contribution is 0.165. The Balaban J connectivity index is 1.57. The lowest BCUT2D eigenvalue weighted by Crippen LogP contribution is -2.56. The number of nitriles is 1. The fourth-order valence-electron chi connectivity index (χ4n) is 5.43. The van der Waals surface area contributed by atoms with Gasteiger partial charge in [0.2, 0.25) is 0 Å². The van der Waals surface area contributed by atoms with E-state index in [0.717, 1.165) is 16.8 Å². The van der Waals surface area contributed by atoms with E-state index in [4.69, 9.17) is 0 Å². The lowest BCUT2D eigenvalue weighted by Gasteiger charge is -2.47. The normalized spacial score (nSPS) is 16.4. The summed E-state index contributed by atoms with van der Waals surface area (Å²) >= 11 is 0. The molecule has 194 valence electrons. The Bertz CT molecular complexity index is 1510. The van der Waals surface area contributed by atoms with Crippen molar-refractivity contribution in [3.05, 3.63) is 106 Å². The van der Waals surface area contributed by atoms with Crippen molar-refractivity contribution in [1.82, 2.24) is 14.5 Å². The maximum absolute atomic E-state index is 13.8. The number of rotatable bonds is 5. The highest BCUT2D eigenvalue weighted by Crippen LogP contribution is 2.35. The summed E-state index contributed by atoms with van der Waals surface area (Å²) in [4.78, 5) is 22.0. The van der Waals surface area contributed by atoms with Crippen LogP contribution in [-0.2, 0) is 7.05 Å². The van der Waals surface area contributed by atoms with E-state index >= 15 is 0 Å². The number of piperazine rings is 1. The summed E-state index contributed by atoms with van der Waals surface area (Å²) in [5.41, 5.74) is 4.02. The largest absolute Gasteiger partial charge is 0.364 e. The molecule has 1 aliphatic heterocycles. The van der Waals surface area contributed by atoms with Crippen LogP contribution in [0.4, 0.5) is 14.5 Å². The van der Waals surface area contributed by atoms with E-state index in [1.165, 1.54) is 24.3 Å². The summed E-state index contributed by atoms with van der Waals surface area (Å²) in [5.74, 6) is -0.394. The minimum absolute atomic E-state index is 0.0231. The molecule has 0 N–H and O–H groups in total. The second-order valence-electron chi connectivity index (χ2n) is 10.1. The van der Waals surface area contributed by atoms with E-state index < -0.39 is 0 Å². The molecule has 0 saturated carbocycles. The number of benzene rings is 2. The number of hydrogen-bond acceptors (Lipinski definition) is 5. The minimum atomic E-state index is -0.307. The molecular formula is C30H29F2N5O. The number of hydrogen-bond donors (Lipinski definition) is 0. The van der Waals surface area contributed by atoms with Crippen molar-refractivity contribution in [2.24, 2.45) is 13.0 Å². The quantitative estimate of drug-likeness (QED) is 0.375. The third-order valence-electron chi connectivity index (χ3n) is 7.45. The average Bonchev–Trinajstić information content (AvgIpc) is 2.92. The first-order valence-corrected chi connectivity index (χ1v) is 12.7. The first-order chi connectivity index (χ1) is 18.3. The number of aromatic nitrogens is 2. The van der Waals surface area contributed by atoms with Crippen LogP contribution >= 0.6 is 0 Å². The Hall–Kier alpha value is -4.09. The number of nitrogens with zero attached hydrogens (tertiary/aromatic N) is 5. The van der Waals surface area contributed by atoms with E-state index in [1.54, 1.807) is 54.1 Å². The zero-order valence-corrected chi connectivity index (χ0v) is 21.6. The minimum Gasteiger partial charge on any atom is -0.364 e. The molecule has 4 aromatic rings. The molecule has 0 bridgehead atoms. The zero-order valence-electron chi connectivity index (χ0n) is 21.6. The molecule has 2 aromatic carbocycles. The van der Waals surface area contributed by atoms with E-state index in [0.29, 0.717) is 36.4 Å². The molecule has 1 atom stereocenters. The molecule has 1 fully saturated rings. The van der Waals surface area contributed by atoms with E-state index in [-0.39, 0.29) is 35.2 Å². The maximum atomic E-state index is 13.8. The third kappa shape index (κ3) is 4.77. The van der Waals surface area contributed by atoms with Gasteiger partial charge in [-0.15, -0.1) is 0 Å². The number of fused-ring (bicyclic) bond motifs is 1. The molecule has 6 nitrogen and oxygen atoms in total. The van der Waals surface area contributed by atoms with Gasteiger partial charge < -0.3 is 9.47 Å². The molecule has 2 aromatic heterocycles. The maximum Gasteiger partial charge on any atom is 0.252 e. The fraction of sp³-hybridized carbons (Fsp3) is 0.300. The van der Waals surface area contributed by atoms with Gasteiger partial charge in [0.05, 0.1) is 17.2 Å². The third-order valence-corrected chi connectivity index (χ3v) is 7.45. The van der Waals surface area contributed by atoms with Crippen LogP contribution in [0.1, 0.15) is 36.7 Å². The molecule has 0 aliphatic carbocycles. The predicted octanol–water partition coefficient (Wildman–Crippen LogP) is 5.02. The van der Waals surface area contributed by atoms with Gasteiger partial charge in [-0.25, -0.2) is 13.8 Å². The second kappa shape index (κ2) is 10.3. The van der Waals surface area contributed by atoms with Crippen LogP contribution in [0.15, 0.2) is 71.5 Å². The summed E-state index contributed by atoms with van der Waals surface area (Å²) in [6, 6.07) is 19.9. The Kier molecular flexibility index (Phi) is 6.96. The smallest absolute Gasteiger partial charge is 0.252 e. The summed E-state index contributed by atoms with van der Waals surface area (Å²) in [5, 5.41) is 9.46. The molecular weight excluding hydrogens is 484 g/mol. The van der Waals surface area contributed by atoms with Gasteiger partial charge in [-0.3, -0.25) is 9.69 Å². The SMILES string of the molecule is CC(C)C1CN(C(c2ccc(F)cc2)c2ccc(F)cc2)CCN1c1cc(=O)n(C)c2ccc(C#N)nc12. The van der Waals surface area contributed by atoms with Crippen LogP contribution in [0, 0.1) is 28.9 Å². The molecule has 38 heavy (non-hydrogen) atoms. The van der Waals surface area contributed by atoms with Crippen molar-refractivity contribution in [3.63, 3.8) is 0 Å². The first-order valence-electron chi connectivity index (χ1n) is 12.7. The van der Waals surface area contributed by atoms with Crippen LogP contribution in [0.2, 0.25) is 0 Å². The molecule has 0 radical (unpaired) electrons. The van der Waals surface area contributed by atoms with E-state index in [1.807, 2.05) is 0 Å². The van der Waals surface area contributed by atoms with Crippen molar-refractivity contribution in [2.45, 2.75) is 25.9 Å². The van der Waals surface area contributed by atoms with Gasteiger partial charge >= 0.3 is 0 Å². The molecule has 5 rings (SSSR count). The number of anilines is 1. The number of aryl methyl sites for hydroxylation is 1. The summed E-state index contributed by atoms with van der Waals surface area (Å²) in [7, 11) is 1.70. The fourth-order valence-corrected chi connectivity index (χ4v) is 5.43. The Morgan fingerprint density at radius 2 is 1.55 bits per heavy atom. The average molecular weight is 514 g/mol. The Morgan fingerprint density at radius 1 is 0.947 bits per heavy atom. The van der Waals surface area contributed by atoms with Crippen LogP contribution in [0.3, 0.4) is 0 Å². The molecule has 1 aliphatic rings. The number of pyridine rings is 2. The Morgan fingerprint density at radius 3 is 2.11 bits per heavy atom. The van der Waals surface area contributed by atoms with Crippen molar-refractivity contribution >= 4 is 16.7 Å². The van der Waals surface area contributed by atoms with Crippen molar-refractivity contribution < 1.29 is 8.78 Å².